The third kappa shape index (κ3) is 3.95. The van der Waals surface area contributed by atoms with Gasteiger partial charge in [-0.3, -0.25) is 24.6 Å². The van der Waals surface area contributed by atoms with Crippen molar-refractivity contribution in [2.24, 2.45) is 5.92 Å². The summed E-state index contributed by atoms with van der Waals surface area (Å²) in [6.07, 6.45) is 6.81. The predicted molar refractivity (Wildman–Crippen MR) is 115 cm³/mol. The molecule has 1 saturated carbocycles. The number of nitrogens with zero attached hydrogens (tertiary/aromatic N) is 2. The number of imide groups is 1. The van der Waals surface area contributed by atoms with Crippen LogP contribution in [-0.4, -0.2) is 58.8 Å². The Morgan fingerprint density at radius 1 is 1.03 bits per heavy atom. The number of ether oxygens (including phenoxy) is 1. The second-order valence-electron chi connectivity index (χ2n) is 9.59. The lowest BCUT2D eigenvalue weighted by molar-refractivity contribution is -0.136. The number of carbonyl (C=O) groups is 3. The van der Waals surface area contributed by atoms with Crippen LogP contribution in [0.5, 0.6) is 5.75 Å². The molecule has 166 valence electrons. The van der Waals surface area contributed by atoms with Gasteiger partial charge in [0.25, 0.3) is 5.91 Å². The van der Waals surface area contributed by atoms with E-state index in [1.807, 2.05) is 18.2 Å². The Bertz CT molecular complexity index is 893. The second-order valence-corrected chi connectivity index (χ2v) is 9.59. The number of likely N-dealkylation sites (tertiary alicyclic amines) is 1. The average Bonchev–Trinajstić information content (AvgIpc) is 3.33. The van der Waals surface area contributed by atoms with E-state index in [0.29, 0.717) is 24.6 Å². The summed E-state index contributed by atoms with van der Waals surface area (Å²) < 4.78 is 6.45. The van der Waals surface area contributed by atoms with E-state index in [9.17, 15) is 14.4 Å². The summed E-state index contributed by atoms with van der Waals surface area (Å²) in [6, 6.07) is 5.57. The van der Waals surface area contributed by atoms with Gasteiger partial charge in [0.05, 0.1) is 0 Å². The highest BCUT2D eigenvalue weighted by Crippen LogP contribution is 2.34. The number of hydrogen-bond donors (Lipinski definition) is 1. The highest BCUT2D eigenvalue weighted by atomic mass is 16.5. The van der Waals surface area contributed by atoms with E-state index in [1.165, 1.54) is 25.7 Å². The number of carbonyl (C=O) groups excluding carboxylic acids is 3. The van der Waals surface area contributed by atoms with Crippen LogP contribution in [0.15, 0.2) is 18.2 Å². The summed E-state index contributed by atoms with van der Waals surface area (Å²) in [7, 11) is 0. The first kappa shape index (κ1) is 20.5. The largest absolute Gasteiger partial charge is 0.489 e. The molecule has 3 aliphatic heterocycles. The Kier molecular flexibility index (Phi) is 5.46. The van der Waals surface area contributed by atoms with Gasteiger partial charge in [-0.25, -0.2) is 0 Å². The molecule has 0 bridgehead atoms. The standard InChI is InChI=1S/C24H31N3O4/c1-15-9-11-26(12-10-15)19-3-2-4-21(19)31-17-5-6-18-16(13-17)14-27(24(18)30)20-7-8-22(28)25-23(20)29/h5-6,13,15,19-21H,2-4,7-12,14H2,1H3,(H,25,28,29)/t19-,20?,21+/m0/s1. The molecule has 1 unspecified atom stereocenters. The average molecular weight is 426 g/mol. The molecule has 7 heteroatoms. The van der Waals surface area contributed by atoms with E-state index in [4.69, 9.17) is 4.74 Å². The molecule has 3 heterocycles. The summed E-state index contributed by atoms with van der Waals surface area (Å²) in [6.45, 7) is 5.04. The van der Waals surface area contributed by atoms with Crippen molar-refractivity contribution >= 4 is 17.7 Å². The molecule has 0 spiro atoms. The Morgan fingerprint density at radius 3 is 2.61 bits per heavy atom. The zero-order valence-electron chi connectivity index (χ0n) is 18.1. The first-order valence-electron chi connectivity index (χ1n) is 11.7. The van der Waals surface area contributed by atoms with E-state index in [-0.39, 0.29) is 30.2 Å². The van der Waals surface area contributed by atoms with Crippen molar-refractivity contribution in [2.45, 2.75) is 76.6 Å². The van der Waals surface area contributed by atoms with Crippen LogP contribution in [0.4, 0.5) is 0 Å². The maximum absolute atomic E-state index is 12.9. The molecule has 5 rings (SSSR count). The predicted octanol–water partition coefficient (Wildman–Crippen LogP) is 2.48. The highest BCUT2D eigenvalue weighted by molar-refractivity contribution is 6.05. The van der Waals surface area contributed by atoms with Gasteiger partial charge in [0.1, 0.15) is 17.9 Å². The molecule has 1 aromatic rings. The van der Waals surface area contributed by atoms with Crippen molar-refractivity contribution in [3.8, 4) is 5.75 Å². The first-order chi connectivity index (χ1) is 15.0. The van der Waals surface area contributed by atoms with Gasteiger partial charge in [-0.15, -0.1) is 0 Å². The summed E-state index contributed by atoms with van der Waals surface area (Å²) in [5.74, 6) is 0.837. The number of rotatable bonds is 4. The van der Waals surface area contributed by atoms with Crippen molar-refractivity contribution in [1.82, 2.24) is 15.1 Å². The molecule has 31 heavy (non-hydrogen) atoms. The Hall–Kier alpha value is -2.41. The molecule has 7 nitrogen and oxygen atoms in total. The zero-order valence-corrected chi connectivity index (χ0v) is 18.1. The molecule has 0 radical (unpaired) electrons. The van der Waals surface area contributed by atoms with Gasteiger partial charge in [-0.05, 0) is 81.3 Å². The number of benzene rings is 1. The lowest BCUT2D eigenvalue weighted by Crippen LogP contribution is -2.52. The van der Waals surface area contributed by atoms with Crippen LogP contribution in [0.1, 0.15) is 67.8 Å². The fourth-order valence-electron chi connectivity index (χ4n) is 5.62. The van der Waals surface area contributed by atoms with Gasteiger partial charge in [0, 0.05) is 24.6 Å². The quantitative estimate of drug-likeness (QED) is 0.750. The molecule has 4 aliphatic rings. The summed E-state index contributed by atoms with van der Waals surface area (Å²) >= 11 is 0. The van der Waals surface area contributed by atoms with Gasteiger partial charge in [-0.2, -0.15) is 0 Å². The molecule has 3 atom stereocenters. The Labute approximate surface area is 183 Å². The number of nitrogens with one attached hydrogen (secondary N) is 1. The Morgan fingerprint density at radius 2 is 1.84 bits per heavy atom. The van der Waals surface area contributed by atoms with Crippen LogP contribution in [0.2, 0.25) is 0 Å². The third-order valence-electron chi connectivity index (χ3n) is 7.49. The molecule has 1 aromatic carbocycles. The monoisotopic (exact) mass is 425 g/mol. The van der Waals surface area contributed by atoms with E-state index in [0.717, 1.165) is 36.7 Å². The van der Waals surface area contributed by atoms with Crippen LogP contribution in [0.3, 0.4) is 0 Å². The lowest BCUT2D eigenvalue weighted by atomic mass is 9.97. The van der Waals surface area contributed by atoms with Crippen molar-refractivity contribution in [1.29, 1.82) is 0 Å². The van der Waals surface area contributed by atoms with Crippen molar-refractivity contribution < 1.29 is 19.1 Å². The molecular weight excluding hydrogens is 394 g/mol. The van der Waals surface area contributed by atoms with Gasteiger partial charge in [-0.1, -0.05) is 6.92 Å². The molecule has 1 aliphatic carbocycles. The van der Waals surface area contributed by atoms with Crippen molar-refractivity contribution in [2.75, 3.05) is 13.1 Å². The normalized spacial score (nSPS) is 29.9. The minimum atomic E-state index is -0.581. The number of amides is 3. The maximum Gasteiger partial charge on any atom is 0.255 e. The topological polar surface area (TPSA) is 79.0 Å². The van der Waals surface area contributed by atoms with E-state index >= 15 is 0 Å². The fourth-order valence-corrected chi connectivity index (χ4v) is 5.62. The van der Waals surface area contributed by atoms with E-state index < -0.39 is 6.04 Å². The van der Waals surface area contributed by atoms with Crippen molar-refractivity contribution in [3.05, 3.63) is 29.3 Å². The summed E-state index contributed by atoms with van der Waals surface area (Å²) in [4.78, 5) is 40.8. The van der Waals surface area contributed by atoms with Crippen LogP contribution in [0.25, 0.3) is 0 Å². The second kappa shape index (κ2) is 8.26. The highest BCUT2D eigenvalue weighted by Gasteiger charge is 2.40. The van der Waals surface area contributed by atoms with Gasteiger partial charge in [0.15, 0.2) is 0 Å². The SMILES string of the molecule is CC1CCN([C@H]2CCC[C@H]2Oc2ccc3c(c2)CN(C2CCC(=O)NC2=O)C3=O)CC1. The first-order valence-corrected chi connectivity index (χ1v) is 11.7. The zero-order chi connectivity index (χ0) is 21.5. The van der Waals surface area contributed by atoms with Crippen LogP contribution >= 0.6 is 0 Å². The molecule has 1 N–H and O–H groups in total. The van der Waals surface area contributed by atoms with Crippen LogP contribution < -0.4 is 10.1 Å². The molecule has 3 fully saturated rings. The summed E-state index contributed by atoms with van der Waals surface area (Å²) in [5, 5.41) is 2.35. The third-order valence-corrected chi connectivity index (χ3v) is 7.49. The minimum Gasteiger partial charge on any atom is -0.489 e. The molecule has 0 aromatic heterocycles. The van der Waals surface area contributed by atoms with Gasteiger partial charge >= 0.3 is 0 Å². The fraction of sp³-hybridized carbons (Fsp3) is 0.625. The van der Waals surface area contributed by atoms with Gasteiger partial charge in [0.2, 0.25) is 11.8 Å². The van der Waals surface area contributed by atoms with E-state index in [2.05, 4.69) is 17.1 Å². The summed E-state index contributed by atoms with van der Waals surface area (Å²) in [5.41, 5.74) is 1.53. The Balaban J connectivity index is 1.27. The lowest BCUT2D eigenvalue weighted by Gasteiger charge is -2.37. The maximum atomic E-state index is 12.9. The smallest absolute Gasteiger partial charge is 0.255 e. The molecule has 2 saturated heterocycles. The molecule has 3 amide bonds. The van der Waals surface area contributed by atoms with Crippen LogP contribution in [0, 0.1) is 5.92 Å². The van der Waals surface area contributed by atoms with Crippen LogP contribution in [-0.2, 0) is 16.1 Å². The number of fused-ring (bicyclic) bond motifs is 1. The molecular formula is C24H31N3O4. The van der Waals surface area contributed by atoms with Crippen molar-refractivity contribution in [3.63, 3.8) is 0 Å². The van der Waals surface area contributed by atoms with Gasteiger partial charge < -0.3 is 9.64 Å². The number of piperidine rings is 2. The van der Waals surface area contributed by atoms with E-state index in [1.54, 1.807) is 4.90 Å². The minimum absolute atomic E-state index is 0.141. The number of hydrogen-bond acceptors (Lipinski definition) is 5.